The first-order chi connectivity index (χ1) is 13.7. The summed E-state index contributed by atoms with van der Waals surface area (Å²) >= 11 is 0. The molecule has 4 rings (SSSR count). The van der Waals surface area contributed by atoms with E-state index in [1.165, 1.54) is 7.05 Å². The molecule has 29 heavy (non-hydrogen) atoms. The number of nitrogens with one attached hydrogen (secondary N) is 1. The lowest BCUT2D eigenvalue weighted by molar-refractivity contribution is -0.140. The Bertz CT molecular complexity index is 904. The molecule has 8 heteroatoms. The van der Waals surface area contributed by atoms with Crippen molar-refractivity contribution in [3.63, 3.8) is 0 Å². The quantitative estimate of drug-likeness (QED) is 0.758. The number of carbonyl (C=O) groups excluding carboxylic acids is 4. The molecule has 3 heterocycles. The molecule has 0 saturated carbocycles. The lowest BCUT2D eigenvalue weighted by Crippen LogP contribution is -2.56. The number of rotatable bonds is 2. The number of aryl methyl sites for hydroxylation is 2. The average Bonchev–Trinajstić information content (AvgIpc) is 3.16. The van der Waals surface area contributed by atoms with E-state index in [1.54, 1.807) is 9.80 Å². The Morgan fingerprint density at radius 1 is 1.14 bits per heavy atom. The highest BCUT2D eigenvalue weighted by Crippen LogP contribution is 2.32. The summed E-state index contributed by atoms with van der Waals surface area (Å²) in [5, 5.41) is 2.78. The van der Waals surface area contributed by atoms with Crippen LogP contribution in [0.5, 0.6) is 0 Å². The van der Waals surface area contributed by atoms with Crippen molar-refractivity contribution in [2.45, 2.75) is 38.6 Å². The van der Waals surface area contributed by atoms with Crippen LogP contribution >= 0.6 is 0 Å². The third-order valence-electron chi connectivity index (χ3n) is 6.41. The predicted molar refractivity (Wildman–Crippen MR) is 106 cm³/mol. The topological polar surface area (TPSA) is 90.0 Å². The van der Waals surface area contributed by atoms with Gasteiger partial charge in [-0.2, -0.15) is 0 Å². The van der Waals surface area contributed by atoms with E-state index in [0.717, 1.165) is 21.7 Å². The Morgan fingerprint density at radius 2 is 1.83 bits per heavy atom. The Labute approximate surface area is 169 Å². The number of likely N-dealkylation sites (tertiary alicyclic amines) is 1. The smallest absolute Gasteiger partial charge is 0.324 e. The highest BCUT2D eigenvalue weighted by atomic mass is 16.2. The van der Waals surface area contributed by atoms with E-state index in [1.807, 2.05) is 32.0 Å². The van der Waals surface area contributed by atoms with Crippen LogP contribution in [0, 0.1) is 19.8 Å². The van der Waals surface area contributed by atoms with Gasteiger partial charge in [-0.1, -0.05) is 17.7 Å². The second-order valence-electron chi connectivity index (χ2n) is 8.40. The fraction of sp³-hybridized carbons (Fsp3) is 0.524. The van der Waals surface area contributed by atoms with Gasteiger partial charge >= 0.3 is 6.03 Å². The third kappa shape index (κ3) is 3.16. The zero-order chi connectivity index (χ0) is 20.9. The number of benzene rings is 1. The summed E-state index contributed by atoms with van der Waals surface area (Å²) in [6.45, 7) is 5.15. The van der Waals surface area contributed by atoms with E-state index < -0.39 is 5.54 Å². The van der Waals surface area contributed by atoms with Crippen molar-refractivity contribution in [1.29, 1.82) is 0 Å². The molecule has 0 bridgehead atoms. The summed E-state index contributed by atoms with van der Waals surface area (Å²) in [4.78, 5) is 54.4. The Hall–Kier alpha value is -2.90. The van der Waals surface area contributed by atoms with Crippen molar-refractivity contribution < 1.29 is 19.2 Å². The molecule has 8 nitrogen and oxygen atoms in total. The number of anilines is 1. The van der Waals surface area contributed by atoms with Gasteiger partial charge in [-0.15, -0.1) is 0 Å². The summed E-state index contributed by atoms with van der Waals surface area (Å²) in [6.07, 6.45) is 0.996. The van der Waals surface area contributed by atoms with Gasteiger partial charge in [0, 0.05) is 38.8 Å². The van der Waals surface area contributed by atoms with Crippen LogP contribution in [0.1, 0.15) is 30.4 Å². The van der Waals surface area contributed by atoms with Gasteiger partial charge in [-0.05, 0) is 38.3 Å². The third-order valence-corrected chi connectivity index (χ3v) is 6.41. The number of hydrogen-bond acceptors (Lipinski definition) is 4. The first-order valence-electron chi connectivity index (χ1n) is 9.98. The van der Waals surface area contributed by atoms with Crippen LogP contribution in [-0.4, -0.2) is 65.8 Å². The van der Waals surface area contributed by atoms with Gasteiger partial charge in [-0.3, -0.25) is 19.3 Å². The van der Waals surface area contributed by atoms with Crippen LogP contribution in [0.3, 0.4) is 0 Å². The van der Waals surface area contributed by atoms with Gasteiger partial charge in [0.2, 0.25) is 11.8 Å². The van der Waals surface area contributed by atoms with E-state index in [2.05, 4.69) is 5.32 Å². The van der Waals surface area contributed by atoms with Gasteiger partial charge in [0.25, 0.3) is 5.91 Å². The normalized spacial score (nSPS) is 23.9. The summed E-state index contributed by atoms with van der Waals surface area (Å²) in [6, 6.07) is 5.55. The number of likely N-dealkylation sites (N-methyl/N-ethyl adjacent to an activating group) is 1. The molecule has 3 saturated heterocycles. The van der Waals surface area contributed by atoms with Crippen molar-refractivity contribution in [2.24, 2.45) is 5.92 Å². The molecule has 3 fully saturated rings. The van der Waals surface area contributed by atoms with E-state index in [9.17, 15) is 19.2 Å². The zero-order valence-corrected chi connectivity index (χ0v) is 17.0. The van der Waals surface area contributed by atoms with Crippen molar-refractivity contribution in [2.75, 3.05) is 31.6 Å². The van der Waals surface area contributed by atoms with Gasteiger partial charge in [-0.25, -0.2) is 4.79 Å². The van der Waals surface area contributed by atoms with Crippen LogP contribution in [0.2, 0.25) is 0 Å². The number of imide groups is 1. The number of carbonyl (C=O) groups is 4. The Balaban J connectivity index is 1.42. The highest BCUT2D eigenvalue weighted by Gasteiger charge is 2.52. The van der Waals surface area contributed by atoms with Crippen molar-refractivity contribution in [1.82, 2.24) is 15.1 Å². The summed E-state index contributed by atoms with van der Waals surface area (Å²) in [5.41, 5.74) is 2.12. The van der Waals surface area contributed by atoms with Crippen molar-refractivity contribution in [3.8, 4) is 0 Å². The predicted octanol–water partition coefficient (Wildman–Crippen LogP) is 1.20. The number of piperidine rings is 1. The minimum Gasteiger partial charge on any atom is -0.342 e. The Morgan fingerprint density at radius 3 is 2.41 bits per heavy atom. The molecule has 0 aromatic heterocycles. The molecule has 5 amide bonds. The number of amides is 5. The molecule has 154 valence electrons. The van der Waals surface area contributed by atoms with E-state index in [4.69, 9.17) is 0 Å². The van der Waals surface area contributed by atoms with E-state index >= 15 is 0 Å². The first-order valence-corrected chi connectivity index (χ1v) is 9.98. The van der Waals surface area contributed by atoms with Crippen LogP contribution in [0.15, 0.2) is 18.2 Å². The summed E-state index contributed by atoms with van der Waals surface area (Å²) in [7, 11) is 1.47. The Kier molecular flexibility index (Phi) is 4.59. The van der Waals surface area contributed by atoms with Gasteiger partial charge in [0.15, 0.2) is 0 Å². The number of hydrogen-bond donors (Lipinski definition) is 1. The van der Waals surface area contributed by atoms with Gasteiger partial charge < -0.3 is 15.1 Å². The second-order valence-corrected chi connectivity index (χ2v) is 8.40. The molecule has 1 aromatic rings. The molecular weight excluding hydrogens is 372 g/mol. The molecule has 1 aromatic carbocycles. The lowest BCUT2D eigenvalue weighted by Gasteiger charge is -2.38. The number of nitrogens with zero attached hydrogens (tertiary/aromatic N) is 3. The molecular formula is C21H26N4O4. The SMILES string of the molecule is Cc1ccc(N2CC(C(=O)N3CCC4(CC3)NC(=O)N(C)C4=O)CC2=O)c(C)c1. The second kappa shape index (κ2) is 6.86. The van der Waals surface area contributed by atoms with Crippen molar-refractivity contribution >= 4 is 29.4 Å². The summed E-state index contributed by atoms with van der Waals surface area (Å²) < 4.78 is 0. The maximum atomic E-state index is 13.0. The first kappa shape index (κ1) is 19.4. The van der Waals surface area contributed by atoms with Crippen LogP contribution in [0.4, 0.5) is 10.5 Å². The molecule has 0 aliphatic carbocycles. The number of urea groups is 1. The van der Waals surface area contributed by atoms with Crippen LogP contribution in [-0.2, 0) is 14.4 Å². The van der Waals surface area contributed by atoms with E-state index in [-0.39, 0.29) is 36.1 Å². The molecule has 3 aliphatic rings. The molecule has 1 N–H and O–H groups in total. The van der Waals surface area contributed by atoms with Crippen LogP contribution < -0.4 is 10.2 Å². The van der Waals surface area contributed by atoms with Gasteiger partial charge in [0.05, 0.1) is 5.92 Å². The minimum atomic E-state index is -0.890. The molecule has 3 aliphatic heterocycles. The molecule has 0 radical (unpaired) electrons. The molecule has 1 atom stereocenters. The average molecular weight is 398 g/mol. The lowest BCUT2D eigenvalue weighted by atomic mass is 9.87. The van der Waals surface area contributed by atoms with Crippen LogP contribution in [0.25, 0.3) is 0 Å². The monoisotopic (exact) mass is 398 g/mol. The van der Waals surface area contributed by atoms with E-state index in [0.29, 0.717) is 32.5 Å². The zero-order valence-electron chi connectivity index (χ0n) is 17.0. The standard InChI is InChI=1S/C21H26N4O4/c1-13-4-5-16(14(2)10-13)25-12-15(11-17(25)26)18(27)24-8-6-21(7-9-24)19(28)23(3)20(29)22-21/h4-5,10,15H,6-9,11-12H2,1-3H3,(H,22,29). The molecule has 1 unspecified atom stereocenters. The van der Waals surface area contributed by atoms with Crippen molar-refractivity contribution in [3.05, 3.63) is 29.3 Å². The van der Waals surface area contributed by atoms with Gasteiger partial charge in [0.1, 0.15) is 5.54 Å². The maximum Gasteiger partial charge on any atom is 0.324 e. The molecule has 1 spiro atoms. The maximum absolute atomic E-state index is 13.0. The minimum absolute atomic E-state index is 0.0383. The fourth-order valence-electron chi connectivity index (χ4n) is 4.68. The largest absolute Gasteiger partial charge is 0.342 e. The highest BCUT2D eigenvalue weighted by molar-refractivity contribution is 6.07. The fourth-order valence-corrected chi connectivity index (χ4v) is 4.68. The summed E-state index contributed by atoms with van der Waals surface area (Å²) in [5.74, 6) is -0.699.